The Morgan fingerprint density at radius 2 is 2.11 bits per heavy atom. The smallest absolute Gasteiger partial charge is 0.244 e. The molecule has 4 heteroatoms. The van der Waals surface area contributed by atoms with Crippen molar-refractivity contribution in [1.82, 2.24) is 5.43 Å². The van der Waals surface area contributed by atoms with Crippen molar-refractivity contribution in [2.24, 2.45) is 11.0 Å². The monoisotopic (exact) mass is 262 g/mol. The third-order valence-electron chi connectivity index (χ3n) is 3.49. The van der Waals surface area contributed by atoms with Gasteiger partial charge in [-0.1, -0.05) is 25.5 Å². The second-order valence-electron chi connectivity index (χ2n) is 5.09. The lowest BCUT2D eigenvalue weighted by Gasteiger charge is -2.19. The lowest BCUT2D eigenvalue weighted by molar-refractivity contribution is -0.120. The van der Waals surface area contributed by atoms with Gasteiger partial charge in [0.05, 0.1) is 6.42 Å². The molecule has 1 aliphatic carbocycles. The van der Waals surface area contributed by atoms with Crippen molar-refractivity contribution in [2.45, 2.75) is 39.0 Å². The summed E-state index contributed by atoms with van der Waals surface area (Å²) in [6, 6.07) is 5.95. The largest absolute Gasteiger partial charge is 0.273 e. The van der Waals surface area contributed by atoms with Gasteiger partial charge in [0.25, 0.3) is 0 Å². The van der Waals surface area contributed by atoms with Crippen LogP contribution in [0.25, 0.3) is 0 Å². The lowest BCUT2D eigenvalue weighted by atomic mass is 9.89. The number of carbonyl (C=O) groups excluding carboxylic acids is 1. The van der Waals surface area contributed by atoms with Crippen molar-refractivity contribution in [3.63, 3.8) is 0 Å². The predicted octanol–water partition coefficient (Wildman–Crippen LogP) is 3.05. The van der Waals surface area contributed by atoms with Crippen LogP contribution in [-0.4, -0.2) is 11.6 Å². The van der Waals surface area contributed by atoms with E-state index in [1.54, 1.807) is 12.1 Å². The number of halogens is 1. The first kappa shape index (κ1) is 13.7. The van der Waals surface area contributed by atoms with E-state index in [-0.39, 0.29) is 18.1 Å². The Morgan fingerprint density at radius 1 is 1.37 bits per heavy atom. The zero-order valence-electron chi connectivity index (χ0n) is 11.2. The SMILES string of the molecule is C[C@H]1CCCC/C1=N/NC(=O)Cc1ccc(F)cc1. The van der Waals surface area contributed by atoms with Crippen molar-refractivity contribution < 1.29 is 9.18 Å². The van der Waals surface area contributed by atoms with Gasteiger partial charge in [0.15, 0.2) is 0 Å². The third kappa shape index (κ3) is 4.16. The minimum Gasteiger partial charge on any atom is -0.273 e. The first-order chi connectivity index (χ1) is 9.15. The maximum Gasteiger partial charge on any atom is 0.244 e. The van der Waals surface area contributed by atoms with Gasteiger partial charge in [-0.2, -0.15) is 5.10 Å². The van der Waals surface area contributed by atoms with Crippen LogP contribution in [0.1, 0.15) is 38.2 Å². The highest BCUT2D eigenvalue weighted by atomic mass is 19.1. The van der Waals surface area contributed by atoms with E-state index in [1.165, 1.54) is 18.6 Å². The summed E-state index contributed by atoms with van der Waals surface area (Å²) in [5.41, 5.74) is 4.47. The molecule has 1 saturated carbocycles. The molecule has 0 spiro atoms. The second kappa shape index (κ2) is 6.45. The first-order valence-corrected chi connectivity index (χ1v) is 6.75. The Kier molecular flexibility index (Phi) is 4.66. The van der Waals surface area contributed by atoms with Gasteiger partial charge < -0.3 is 0 Å². The van der Waals surface area contributed by atoms with Crippen LogP contribution in [0.4, 0.5) is 4.39 Å². The molecule has 1 N–H and O–H groups in total. The molecular formula is C15H19FN2O. The zero-order valence-corrected chi connectivity index (χ0v) is 11.2. The van der Waals surface area contributed by atoms with Gasteiger partial charge in [0.2, 0.25) is 5.91 Å². The van der Waals surface area contributed by atoms with Crippen LogP contribution in [0.5, 0.6) is 0 Å². The number of benzene rings is 1. The Bertz CT molecular complexity index is 468. The van der Waals surface area contributed by atoms with E-state index in [1.807, 2.05) is 0 Å². The molecule has 0 aromatic heterocycles. The summed E-state index contributed by atoms with van der Waals surface area (Å²) >= 11 is 0. The first-order valence-electron chi connectivity index (χ1n) is 6.75. The molecule has 1 aromatic carbocycles. The molecule has 1 aliphatic rings. The number of hydrogen-bond acceptors (Lipinski definition) is 2. The van der Waals surface area contributed by atoms with E-state index in [4.69, 9.17) is 0 Å². The highest BCUT2D eigenvalue weighted by Gasteiger charge is 2.16. The molecule has 3 nitrogen and oxygen atoms in total. The number of nitrogens with zero attached hydrogens (tertiary/aromatic N) is 1. The summed E-state index contributed by atoms with van der Waals surface area (Å²) in [5, 5.41) is 4.22. The highest BCUT2D eigenvalue weighted by Crippen LogP contribution is 2.20. The van der Waals surface area contributed by atoms with Crippen LogP contribution in [0.2, 0.25) is 0 Å². The number of hydrogen-bond donors (Lipinski definition) is 1. The van der Waals surface area contributed by atoms with Crippen LogP contribution in [0.3, 0.4) is 0 Å². The van der Waals surface area contributed by atoms with Crippen molar-refractivity contribution in [1.29, 1.82) is 0 Å². The summed E-state index contributed by atoms with van der Waals surface area (Å²) in [4.78, 5) is 11.7. The molecule has 2 rings (SSSR count). The molecular weight excluding hydrogens is 243 g/mol. The molecule has 0 unspecified atom stereocenters. The minimum absolute atomic E-state index is 0.156. The molecule has 0 aliphatic heterocycles. The Labute approximate surface area is 112 Å². The van der Waals surface area contributed by atoms with Gasteiger partial charge in [0.1, 0.15) is 5.82 Å². The predicted molar refractivity (Wildman–Crippen MR) is 73.3 cm³/mol. The Balaban J connectivity index is 1.87. The Hall–Kier alpha value is -1.71. The van der Waals surface area contributed by atoms with Crippen LogP contribution >= 0.6 is 0 Å². The Morgan fingerprint density at radius 3 is 2.79 bits per heavy atom. The molecule has 102 valence electrons. The number of carbonyl (C=O) groups is 1. The fourth-order valence-corrected chi connectivity index (χ4v) is 2.30. The van der Waals surface area contributed by atoms with E-state index < -0.39 is 0 Å². The minimum atomic E-state index is -0.291. The summed E-state index contributed by atoms with van der Waals surface area (Å²) in [7, 11) is 0. The average Bonchev–Trinajstić information content (AvgIpc) is 2.40. The van der Waals surface area contributed by atoms with Crippen LogP contribution < -0.4 is 5.43 Å². The van der Waals surface area contributed by atoms with Gasteiger partial charge in [0, 0.05) is 5.71 Å². The highest BCUT2D eigenvalue weighted by molar-refractivity contribution is 5.88. The summed E-state index contributed by atoms with van der Waals surface area (Å²) in [5.74, 6) is 0.0113. The molecule has 1 aromatic rings. The fraction of sp³-hybridized carbons (Fsp3) is 0.467. The van der Waals surface area contributed by atoms with E-state index in [0.717, 1.165) is 30.5 Å². The zero-order chi connectivity index (χ0) is 13.7. The van der Waals surface area contributed by atoms with Crippen molar-refractivity contribution in [3.05, 3.63) is 35.6 Å². The lowest BCUT2D eigenvalue weighted by Crippen LogP contribution is -2.25. The molecule has 0 bridgehead atoms. The van der Waals surface area contributed by atoms with Gasteiger partial charge in [-0.05, 0) is 42.9 Å². The third-order valence-corrected chi connectivity index (χ3v) is 3.49. The summed E-state index contributed by atoms with van der Waals surface area (Å²) < 4.78 is 12.7. The topological polar surface area (TPSA) is 41.5 Å². The summed E-state index contributed by atoms with van der Waals surface area (Å²) in [6.45, 7) is 2.14. The van der Waals surface area contributed by atoms with Gasteiger partial charge in [-0.25, -0.2) is 9.82 Å². The molecule has 1 fully saturated rings. The van der Waals surface area contributed by atoms with Crippen LogP contribution in [0.15, 0.2) is 29.4 Å². The normalized spacial score (nSPS) is 21.4. The van der Waals surface area contributed by atoms with Crippen molar-refractivity contribution >= 4 is 11.6 Å². The molecule has 0 saturated heterocycles. The van der Waals surface area contributed by atoms with Gasteiger partial charge in [-0.3, -0.25) is 4.79 Å². The second-order valence-corrected chi connectivity index (χ2v) is 5.09. The number of nitrogens with one attached hydrogen (secondary N) is 1. The van der Waals surface area contributed by atoms with E-state index in [0.29, 0.717) is 5.92 Å². The number of amides is 1. The van der Waals surface area contributed by atoms with E-state index in [9.17, 15) is 9.18 Å². The van der Waals surface area contributed by atoms with E-state index >= 15 is 0 Å². The maximum atomic E-state index is 12.7. The standard InChI is InChI=1S/C15H19FN2O/c1-11-4-2-3-5-14(11)17-18-15(19)10-12-6-8-13(16)9-7-12/h6-9,11H,2-5,10H2,1H3,(H,18,19)/b17-14-/t11-/m0/s1. The van der Waals surface area contributed by atoms with Gasteiger partial charge in [-0.15, -0.1) is 0 Å². The maximum absolute atomic E-state index is 12.7. The molecule has 0 radical (unpaired) electrons. The quantitative estimate of drug-likeness (QED) is 0.836. The fourth-order valence-electron chi connectivity index (χ4n) is 2.30. The van der Waals surface area contributed by atoms with Gasteiger partial charge >= 0.3 is 0 Å². The van der Waals surface area contributed by atoms with Crippen molar-refractivity contribution in [2.75, 3.05) is 0 Å². The number of hydrazone groups is 1. The molecule has 1 atom stereocenters. The number of rotatable bonds is 3. The molecule has 19 heavy (non-hydrogen) atoms. The summed E-state index contributed by atoms with van der Waals surface area (Å²) in [6.07, 6.45) is 4.73. The molecule has 0 heterocycles. The van der Waals surface area contributed by atoms with E-state index in [2.05, 4.69) is 17.5 Å². The van der Waals surface area contributed by atoms with Crippen LogP contribution in [-0.2, 0) is 11.2 Å². The van der Waals surface area contributed by atoms with Crippen molar-refractivity contribution in [3.8, 4) is 0 Å². The molecule has 1 amide bonds. The average molecular weight is 262 g/mol. The van der Waals surface area contributed by atoms with Crippen LogP contribution in [0, 0.1) is 11.7 Å².